The van der Waals surface area contributed by atoms with Gasteiger partial charge in [-0.1, -0.05) is 11.6 Å². The van der Waals surface area contributed by atoms with Crippen LogP contribution in [0.15, 0.2) is 28.4 Å². The Hall–Kier alpha value is -1.51. The van der Waals surface area contributed by atoms with Crippen molar-refractivity contribution < 1.29 is 9.21 Å². The van der Waals surface area contributed by atoms with Gasteiger partial charge in [0, 0.05) is 6.54 Å². The number of carbonyl (C=O) groups excluding carboxylic acids is 1. The van der Waals surface area contributed by atoms with Gasteiger partial charge in [-0.2, -0.15) is 0 Å². The highest BCUT2D eigenvalue weighted by Gasteiger charge is 2.09. The van der Waals surface area contributed by atoms with E-state index in [1.807, 2.05) is 6.92 Å². The van der Waals surface area contributed by atoms with Crippen molar-refractivity contribution in [1.29, 1.82) is 0 Å². The fourth-order valence-corrected chi connectivity index (χ4v) is 2.11. The van der Waals surface area contributed by atoms with Crippen LogP contribution in [0.2, 0.25) is 0 Å². The summed E-state index contributed by atoms with van der Waals surface area (Å²) in [5, 5.41) is 2.89. The molecule has 0 unspecified atom stereocenters. The second-order valence-corrected chi connectivity index (χ2v) is 4.60. The molecule has 0 saturated carbocycles. The van der Waals surface area contributed by atoms with Gasteiger partial charge in [-0.15, -0.1) is 0 Å². The number of rotatable bonds is 4. The van der Waals surface area contributed by atoms with Crippen LogP contribution < -0.4 is 5.32 Å². The standard InChI is InChI=1S/C14H19NO2/c1-11-9-13(17-10-11)14(16)15-8-7-12-5-3-2-4-6-12/h5,9-10H,2-4,6-8H2,1H3,(H,15,16). The Morgan fingerprint density at radius 3 is 3.00 bits per heavy atom. The van der Waals surface area contributed by atoms with Crippen LogP contribution in [0.5, 0.6) is 0 Å². The molecule has 0 fully saturated rings. The number of nitrogens with one attached hydrogen (secondary N) is 1. The summed E-state index contributed by atoms with van der Waals surface area (Å²) in [5.74, 6) is 0.287. The number of hydrogen-bond donors (Lipinski definition) is 1. The van der Waals surface area contributed by atoms with Crippen molar-refractivity contribution >= 4 is 5.91 Å². The maximum absolute atomic E-state index is 11.7. The van der Waals surface area contributed by atoms with Crippen LogP contribution in [0.4, 0.5) is 0 Å². The normalized spacial score (nSPS) is 15.5. The van der Waals surface area contributed by atoms with E-state index in [1.165, 1.54) is 31.3 Å². The van der Waals surface area contributed by atoms with Crippen LogP contribution in [-0.4, -0.2) is 12.5 Å². The zero-order valence-electron chi connectivity index (χ0n) is 10.3. The van der Waals surface area contributed by atoms with Crippen LogP contribution >= 0.6 is 0 Å². The molecule has 1 aromatic rings. The van der Waals surface area contributed by atoms with Crippen LogP contribution in [0.25, 0.3) is 0 Å². The van der Waals surface area contributed by atoms with Gasteiger partial charge in [0.25, 0.3) is 5.91 Å². The minimum absolute atomic E-state index is 0.116. The van der Waals surface area contributed by atoms with Gasteiger partial charge in [-0.25, -0.2) is 0 Å². The average molecular weight is 233 g/mol. The van der Waals surface area contributed by atoms with E-state index >= 15 is 0 Å². The summed E-state index contributed by atoms with van der Waals surface area (Å²) in [7, 11) is 0. The lowest BCUT2D eigenvalue weighted by Gasteiger charge is -2.12. The zero-order chi connectivity index (χ0) is 12.1. The highest BCUT2D eigenvalue weighted by Crippen LogP contribution is 2.19. The Labute approximate surface area is 102 Å². The summed E-state index contributed by atoms with van der Waals surface area (Å²) in [6.45, 7) is 2.61. The molecule has 92 valence electrons. The van der Waals surface area contributed by atoms with E-state index < -0.39 is 0 Å². The smallest absolute Gasteiger partial charge is 0.286 e. The lowest BCUT2D eigenvalue weighted by atomic mass is 9.97. The van der Waals surface area contributed by atoms with Crippen LogP contribution in [0.1, 0.15) is 48.2 Å². The summed E-state index contributed by atoms with van der Waals surface area (Å²) in [6, 6.07) is 1.76. The van der Waals surface area contributed by atoms with Gasteiger partial charge in [-0.05, 0) is 50.7 Å². The molecular weight excluding hydrogens is 214 g/mol. The molecule has 1 N–H and O–H groups in total. The molecule has 3 nitrogen and oxygen atoms in total. The second kappa shape index (κ2) is 5.71. The third-order valence-corrected chi connectivity index (χ3v) is 3.07. The molecule has 1 heterocycles. The number of furan rings is 1. The Bertz CT molecular complexity index is 418. The van der Waals surface area contributed by atoms with E-state index in [1.54, 1.807) is 12.3 Å². The Morgan fingerprint density at radius 2 is 2.35 bits per heavy atom. The van der Waals surface area contributed by atoms with Crippen LogP contribution in [-0.2, 0) is 0 Å². The van der Waals surface area contributed by atoms with Gasteiger partial charge >= 0.3 is 0 Å². The molecule has 1 aromatic heterocycles. The first-order valence-corrected chi connectivity index (χ1v) is 6.27. The van der Waals surface area contributed by atoms with E-state index in [0.29, 0.717) is 12.3 Å². The van der Waals surface area contributed by atoms with Gasteiger partial charge in [0.1, 0.15) is 0 Å². The average Bonchev–Trinajstić information content (AvgIpc) is 2.77. The van der Waals surface area contributed by atoms with E-state index in [-0.39, 0.29) is 5.91 Å². The van der Waals surface area contributed by atoms with Gasteiger partial charge in [-0.3, -0.25) is 4.79 Å². The predicted octanol–water partition coefficient (Wildman–Crippen LogP) is 3.21. The van der Waals surface area contributed by atoms with Gasteiger partial charge in [0.05, 0.1) is 6.26 Å². The molecule has 0 atom stereocenters. The quantitative estimate of drug-likeness (QED) is 0.811. The topological polar surface area (TPSA) is 42.2 Å². The predicted molar refractivity (Wildman–Crippen MR) is 66.9 cm³/mol. The summed E-state index contributed by atoms with van der Waals surface area (Å²) in [5.41, 5.74) is 2.46. The molecule has 0 aliphatic heterocycles. The number of amides is 1. The first-order valence-electron chi connectivity index (χ1n) is 6.27. The highest BCUT2D eigenvalue weighted by atomic mass is 16.3. The lowest BCUT2D eigenvalue weighted by Crippen LogP contribution is -2.24. The van der Waals surface area contributed by atoms with Gasteiger partial charge < -0.3 is 9.73 Å². The Kier molecular flexibility index (Phi) is 4.02. The van der Waals surface area contributed by atoms with Crippen molar-refractivity contribution in [2.75, 3.05) is 6.54 Å². The summed E-state index contributed by atoms with van der Waals surface area (Å²) in [6.07, 6.45) is 9.85. The number of allylic oxidation sites excluding steroid dienone is 1. The minimum atomic E-state index is -0.116. The van der Waals surface area contributed by atoms with Crippen molar-refractivity contribution in [3.63, 3.8) is 0 Å². The molecule has 0 radical (unpaired) electrons. The van der Waals surface area contributed by atoms with Crippen molar-refractivity contribution in [3.8, 4) is 0 Å². The number of carbonyl (C=O) groups is 1. The van der Waals surface area contributed by atoms with Crippen molar-refractivity contribution in [2.45, 2.75) is 39.0 Å². The van der Waals surface area contributed by atoms with E-state index in [0.717, 1.165) is 12.0 Å². The molecule has 1 aliphatic rings. The fraction of sp³-hybridized carbons (Fsp3) is 0.500. The maximum atomic E-state index is 11.7. The van der Waals surface area contributed by atoms with Crippen molar-refractivity contribution in [1.82, 2.24) is 5.32 Å². The van der Waals surface area contributed by atoms with Crippen molar-refractivity contribution in [2.24, 2.45) is 0 Å². The van der Waals surface area contributed by atoms with E-state index in [4.69, 9.17) is 4.42 Å². The molecule has 0 bridgehead atoms. The molecule has 0 spiro atoms. The second-order valence-electron chi connectivity index (χ2n) is 4.60. The minimum Gasteiger partial charge on any atom is -0.459 e. The molecular formula is C14H19NO2. The summed E-state index contributed by atoms with van der Waals surface area (Å²) >= 11 is 0. The van der Waals surface area contributed by atoms with Crippen molar-refractivity contribution in [3.05, 3.63) is 35.3 Å². The molecule has 2 rings (SSSR count). The van der Waals surface area contributed by atoms with Crippen LogP contribution in [0.3, 0.4) is 0 Å². The third kappa shape index (κ3) is 3.48. The van der Waals surface area contributed by atoms with E-state index in [9.17, 15) is 4.79 Å². The third-order valence-electron chi connectivity index (χ3n) is 3.07. The first kappa shape index (κ1) is 12.0. The van der Waals surface area contributed by atoms with Gasteiger partial charge in [0.2, 0.25) is 0 Å². The Balaban J connectivity index is 1.75. The molecule has 0 saturated heterocycles. The first-order chi connectivity index (χ1) is 8.25. The highest BCUT2D eigenvalue weighted by molar-refractivity contribution is 5.91. The fourth-order valence-electron chi connectivity index (χ4n) is 2.11. The molecule has 17 heavy (non-hydrogen) atoms. The molecule has 0 aromatic carbocycles. The molecule has 1 aliphatic carbocycles. The SMILES string of the molecule is Cc1coc(C(=O)NCCC2=CCCCC2)c1. The van der Waals surface area contributed by atoms with E-state index in [2.05, 4.69) is 11.4 Å². The monoisotopic (exact) mass is 233 g/mol. The lowest BCUT2D eigenvalue weighted by molar-refractivity contribution is 0.0926. The Morgan fingerprint density at radius 1 is 1.47 bits per heavy atom. The summed E-state index contributed by atoms with van der Waals surface area (Å²) in [4.78, 5) is 11.7. The number of aryl methyl sites for hydroxylation is 1. The van der Waals surface area contributed by atoms with Gasteiger partial charge in [0.15, 0.2) is 5.76 Å². The summed E-state index contributed by atoms with van der Waals surface area (Å²) < 4.78 is 5.14. The largest absolute Gasteiger partial charge is 0.459 e. The number of hydrogen-bond acceptors (Lipinski definition) is 2. The van der Waals surface area contributed by atoms with Crippen LogP contribution in [0, 0.1) is 6.92 Å². The molecule has 3 heteroatoms. The molecule has 1 amide bonds. The zero-order valence-corrected chi connectivity index (χ0v) is 10.3. The maximum Gasteiger partial charge on any atom is 0.286 e.